The largest absolute Gasteiger partial charge is 0.657 e. The molecule has 0 bridgehead atoms. The van der Waals surface area contributed by atoms with Crippen LogP contribution in [0.4, 0.5) is 0 Å². The smallest absolute Gasteiger partial charge is 0.400 e. The van der Waals surface area contributed by atoms with E-state index < -0.39 is 7.32 Å². The highest BCUT2D eigenvalue weighted by Crippen LogP contribution is 1.98. The Kier molecular flexibility index (Phi) is 4.29. The van der Waals surface area contributed by atoms with Gasteiger partial charge in [-0.3, -0.25) is 4.76 Å². The summed E-state index contributed by atoms with van der Waals surface area (Å²) in [6, 6.07) is 0. The van der Waals surface area contributed by atoms with Crippen LogP contribution in [-0.4, -0.2) is 43.6 Å². The summed E-state index contributed by atoms with van der Waals surface area (Å²) in [4.78, 5) is 0. The van der Waals surface area contributed by atoms with Gasteiger partial charge in [0, 0.05) is 26.2 Å². The topological polar surface area (TPSA) is 54.0 Å². The van der Waals surface area contributed by atoms with Gasteiger partial charge in [-0.05, 0) is 9.47 Å². The molecule has 11 heavy (non-hydrogen) atoms. The van der Waals surface area contributed by atoms with Crippen LogP contribution in [0.2, 0.25) is 0 Å². The summed E-state index contributed by atoms with van der Waals surface area (Å²) in [5.74, 6) is 0. The van der Waals surface area contributed by atoms with E-state index in [9.17, 15) is 0 Å². The molecule has 1 aliphatic heterocycles. The second-order valence-electron chi connectivity index (χ2n) is 2.23. The molecule has 0 saturated carbocycles. The molecule has 5 nitrogen and oxygen atoms in total. The van der Waals surface area contributed by atoms with Gasteiger partial charge in [-0.25, -0.2) is 0 Å². The predicted octanol–water partition coefficient (Wildman–Crippen LogP) is -1.39. The average Bonchev–Trinajstić information content (AvgIpc) is 2.06. The van der Waals surface area contributed by atoms with Gasteiger partial charge in [0.25, 0.3) is 0 Å². The van der Waals surface area contributed by atoms with E-state index in [0.717, 1.165) is 26.2 Å². The number of nitrogens with zero attached hydrogens (tertiary/aromatic N) is 1. The summed E-state index contributed by atoms with van der Waals surface area (Å²) in [5.41, 5.74) is 0. The molecule has 1 saturated heterocycles. The van der Waals surface area contributed by atoms with E-state index in [0.29, 0.717) is 0 Å². The third-order valence-electron chi connectivity index (χ3n) is 1.43. The number of hydroxylamine groups is 2. The Labute approximate surface area is 68.5 Å². The molecule has 0 radical (unpaired) electrons. The summed E-state index contributed by atoms with van der Waals surface area (Å²) in [5, 5.41) is 13.7. The van der Waals surface area contributed by atoms with Crippen molar-refractivity contribution in [2.75, 3.05) is 26.2 Å². The molecule has 1 aliphatic rings. The Balaban J connectivity index is 2.13. The first-order chi connectivity index (χ1) is 5.33. The van der Waals surface area contributed by atoms with Gasteiger partial charge in [0.15, 0.2) is 0 Å². The molecule has 0 spiro atoms. The van der Waals surface area contributed by atoms with Crippen LogP contribution in [0.15, 0.2) is 0 Å². The van der Waals surface area contributed by atoms with E-state index in [1.807, 2.05) is 9.47 Å². The van der Waals surface area contributed by atoms with Crippen molar-refractivity contribution in [3.05, 3.63) is 0 Å². The van der Waals surface area contributed by atoms with Crippen molar-refractivity contribution in [1.82, 2.24) is 10.4 Å². The minimum absolute atomic E-state index is 0.769. The number of rotatable bonds is 3. The maximum Gasteiger partial charge on any atom is 0.657 e. The van der Waals surface area contributed by atoms with Gasteiger partial charge in [0.1, 0.15) is 0 Å². The quantitative estimate of drug-likeness (QED) is 0.411. The Morgan fingerprint density at radius 1 is 1.45 bits per heavy atom. The lowest BCUT2D eigenvalue weighted by molar-refractivity contribution is -0.0979. The predicted molar refractivity (Wildman–Crippen MR) is 44.3 cm³/mol. The van der Waals surface area contributed by atoms with E-state index in [-0.39, 0.29) is 0 Å². The van der Waals surface area contributed by atoms with E-state index >= 15 is 0 Å². The Bertz CT molecular complexity index is 114. The van der Waals surface area contributed by atoms with E-state index in [4.69, 9.17) is 9.78 Å². The number of piperazine rings is 1. The van der Waals surface area contributed by atoms with Crippen molar-refractivity contribution < 1.29 is 14.2 Å². The number of hydrogen-bond acceptors (Lipinski definition) is 5. The summed E-state index contributed by atoms with van der Waals surface area (Å²) >= 11 is 0. The van der Waals surface area contributed by atoms with Crippen LogP contribution in [0.3, 0.4) is 0 Å². The van der Waals surface area contributed by atoms with Crippen LogP contribution in [-0.2, 0) is 9.20 Å². The SMILES string of the molecule is OB(OP)ON1CCNCC1. The Hall–Kier alpha value is 0.295. The molecule has 1 rings (SSSR count). The van der Waals surface area contributed by atoms with Crippen molar-refractivity contribution in [3.8, 4) is 0 Å². The lowest BCUT2D eigenvalue weighted by atomic mass is 10.3. The van der Waals surface area contributed by atoms with Crippen LogP contribution < -0.4 is 5.32 Å². The van der Waals surface area contributed by atoms with Crippen LogP contribution in [0, 0.1) is 0 Å². The molecular weight excluding hydrogens is 166 g/mol. The molecule has 0 aliphatic carbocycles. The Morgan fingerprint density at radius 2 is 2.09 bits per heavy atom. The van der Waals surface area contributed by atoms with Crippen molar-refractivity contribution in [2.45, 2.75) is 0 Å². The summed E-state index contributed by atoms with van der Waals surface area (Å²) in [7, 11) is 0.773. The number of hydrogen-bond donors (Lipinski definition) is 2. The van der Waals surface area contributed by atoms with Gasteiger partial charge in [-0.15, -0.1) is 0 Å². The van der Waals surface area contributed by atoms with Crippen molar-refractivity contribution in [2.24, 2.45) is 0 Å². The van der Waals surface area contributed by atoms with Crippen LogP contribution in [0.5, 0.6) is 0 Å². The van der Waals surface area contributed by atoms with Gasteiger partial charge in [0.2, 0.25) is 0 Å². The Morgan fingerprint density at radius 3 is 2.64 bits per heavy atom. The minimum Gasteiger partial charge on any atom is -0.400 e. The van der Waals surface area contributed by atoms with E-state index in [2.05, 4.69) is 9.76 Å². The van der Waals surface area contributed by atoms with Crippen LogP contribution in [0.1, 0.15) is 0 Å². The molecular formula is C4H12BN2O3P. The fourth-order valence-electron chi connectivity index (χ4n) is 0.902. The minimum atomic E-state index is -1.17. The zero-order valence-electron chi connectivity index (χ0n) is 6.19. The standard InChI is InChI=1S/C4H12BN2O3P/c8-5(10-11)9-7-3-1-6-2-4-7/h6,8H,1-4,11H2. The summed E-state index contributed by atoms with van der Waals surface area (Å²) in [6.45, 7) is 3.29. The maximum atomic E-state index is 8.88. The van der Waals surface area contributed by atoms with Crippen molar-refractivity contribution >= 4 is 16.8 Å². The van der Waals surface area contributed by atoms with Crippen molar-refractivity contribution in [1.29, 1.82) is 0 Å². The lowest BCUT2D eigenvalue weighted by Crippen LogP contribution is -2.46. The summed E-state index contributed by atoms with van der Waals surface area (Å²) < 4.78 is 9.39. The van der Waals surface area contributed by atoms with Gasteiger partial charge >= 0.3 is 7.32 Å². The highest BCUT2D eigenvalue weighted by atomic mass is 31.0. The molecule has 1 fully saturated rings. The van der Waals surface area contributed by atoms with Gasteiger partial charge in [0.05, 0.1) is 0 Å². The molecule has 2 N–H and O–H groups in total. The molecule has 1 unspecified atom stereocenters. The third kappa shape index (κ3) is 3.47. The number of nitrogens with one attached hydrogen (secondary N) is 1. The normalized spacial score (nSPS) is 20.2. The summed E-state index contributed by atoms with van der Waals surface area (Å²) in [6.07, 6.45) is 0. The monoisotopic (exact) mass is 178 g/mol. The molecule has 64 valence electrons. The lowest BCUT2D eigenvalue weighted by Gasteiger charge is -2.26. The molecule has 1 atom stereocenters. The zero-order valence-corrected chi connectivity index (χ0v) is 7.35. The highest BCUT2D eigenvalue weighted by Gasteiger charge is 2.20. The first-order valence-corrected chi connectivity index (χ1v) is 3.96. The second-order valence-corrected chi connectivity index (χ2v) is 2.50. The second kappa shape index (κ2) is 5.03. The van der Waals surface area contributed by atoms with Gasteiger partial charge in [-0.1, -0.05) is 0 Å². The van der Waals surface area contributed by atoms with Crippen molar-refractivity contribution in [3.63, 3.8) is 0 Å². The molecule has 0 amide bonds. The molecule has 0 aromatic rings. The average molecular weight is 178 g/mol. The molecule has 7 heteroatoms. The molecule has 0 aromatic heterocycles. The fourth-order valence-corrected chi connectivity index (χ4v) is 0.952. The van der Waals surface area contributed by atoms with Crippen LogP contribution >= 0.6 is 9.47 Å². The molecule has 0 aromatic carbocycles. The fraction of sp³-hybridized carbons (Fsp3) is 1.00. The first kappa shape index (κ1) is 9.38. The zero-order chi connectivity index (χ0) is 8.10. The van der Waals surface area contributed by atoms with E-state index in [1.165, 1.54) is 0 Å². The first-order valence-electron chi connectivity index (χ1n) is 3.49. The molecule has 1 heterocycles. The third-order valence-corrected chi connectivity index (χ3v) is 1.66. The van der Waals surface area contributed by atoms with Gasteiger partial charge in [-0.2, -0.15) is 5.06 Å². The maximum absolute atomic E-state index is 8.88. The van der Waals surface area contributed by atoms with E-state index in [1.54, 1.807) is 5.06 Å². The highest BCUT2D eigenvalue weighted by molar-refractivity contribution is 7.12. The van der Waals surface area contributed by atoms with Crippen LogP contribution in [0.25, 0.3) is 0 Å². The van der Waals surface area contributed by atoms with Gasteiger partial charge < -0.3 is 14.8 Å².